The summed E-state index contributed by atoms with van der Waals surface area (Å²) in [6.45, 7) is 4.00. The quantitative estimate of drug-likeness (QED) is 0.284. The molecule has 3 heterocycles. The van der Waals surface area contributed by atoms with Crippen LogP contribution < -0.4 is 20.3 Å². The molecular weight excluding hydrogens is 484 g/mol. The predicted molar refractivity (Wildman–Crippen MR) is 149 cm³/mol. The van der Waals surface area contributed by atoms with Crippen molar-refractivity contribution in [3.05, 3.63) is 71.7 Å². The fourth-order valence-corrected chi connectivity index (χ4v) is 5.81. The lowest BCUT2D eigenvalue weighted by molar-refractivity contribution is 0.0932. The van der Waals surface area contributed by atoms with Crippen molar-refractivity contribution in [2.45, 2.75) is 52.0 Å². The first-order valence-electron chi connectivity index (χ1n) is 12.8. The number of carbonyl (C=O) groups is 2. The van der Waals surface area contributed by atoms with Crippen molar-refractivity contribution < 1.29 is 14.3 Å². The van der Waals surface area contributed by atoms with Gasteiger partial charge in [-0.2, -0.15) is 0 Å². The summed E-state index contributed by atoms with van der Waals surface area (Å²) in [5.74, 6) is 1.28. The molecule has 1 saturated carbocycles. The van der Waals surface area contributed by atoms with Gasteiger partial charge in [-0.1, -0.05) is 51.3 Å². The summed E-state index contributed by atoms with van der Waals surface area (Å²) >= 11 is 1.32. The van der Waals surface area contributed by atoms with Gasteiger partial charge in [-0.25, -0.2) is 9.78 Å². The Kier molecular flexibility index (Phi) is 7.37. The van der Waals surface area contributed by atoms with Crippen LogP contribution in [0, 0.1) is 0 Å². The number of amides is 3. The second kappa shape index (κ2) is 11.0. The monoisotopic (exact) mass is 514 g/mol. The summed E-state index contributed by atoms with van der Waals surface area (Å²) < 4.78 is 5.88. The molecular formula is C29H30N4O3S. The summed E-state index contributed by atoms with van der Waals surface area (Å²) in [6, 6.07) is 18.6. The van der Waals surface area contributed by atoms with E-state index in [2.05, 4.69) is 15.6 Å². The van der Waals surface area contributed by atoms with E-state index >= 15 is 0 Å². The van der Waals surface area contributed by atoms with Gasteiger partial charge in [0.1, 0.15) is 21.2 Å². The van der Waals surface area contributed by atoms with Crippen LogP contribution in [0.5, 0.6) is 11.5 Å². The average Bonchev–Trinajstić information content (AvgIpc) is 3.31. The van der Waals surface area contributed by atoms with Crippen molar-refractivity contribution >= 4 is 50.6 Å². The molecule has 0 radical (unpaired) electrons. The number of urea groups is 1. The number of nitrogens with one attached hydrogen (secondary N) is 2. The minimum atomic E-state index is -0.313. The molecule has 7 nitrogen and oxygen atoms in total. The van der Waals surface area contributed by atoms with Gasteiger partial charge in [-0.3, -0.25) is 9.69 Å². The molecule has 0 unspecified atom stereocenters. The van der Waals surface area contributed by atoms with E-state index in [9.17, 15) is 9.59 Å². The normalized spacial score (nSPS) is 15.0. The van der Waals surface area contributed by atoms with E-state index in [4.69, 9.17) is 4.74 Å². The molecule has 0 atom stereocenters. The number of rotatable bonds is 5. The first-order chi connectivity index (χ1) is 18.2. The molecule has 0 spiro atoms. The maximum Gasteiger partial charge on any atom is 0.331 e. The lowest BCUT2D eigenvalue weighted by Crippen LogP contribution is -2.37. The van der Waals surface area contributed by atoms with Crippen molar-refractivity contribution in [1.29, 1.82) is 0 Å². The molecule has 1 aliphatic heterocycles. The first kappa shape index (κ1) is 24.8. The highest BCUT2D eigenvalue weighted by molar-refractivity contribution is 7.21. The van der Waals surface area contributed by atoms with Gasteiger partial charge in [0.25, 0.3) is 5.91 Å². The van der Waals surface area contributed by atoms with Crippen molar-refractivity contribution in [2.75, 3.05) is 10.2 Å². The van der Waals surface area contributed by atoms with Crippen LogP contribution in [0.25, 0.3) is 10.2 Å². The summed E-state index contributed by atoms with van der Waals surface area (Å²) in [4.78, 5) is 33.7. The molecule has 1 aliphatic carbocycles. The third-order valence-electron chi connectivity index (χ3n) is 6.47. The minimum Gasteiger partial charge on any atom is -0.457 e. The molecule has 2 N–H and O–H groups in total. The smallest absolute Gasteiger partial charge is 0.331 e. The van der Waals surface area contributed by atoms with Gasteiger partial charge in [0.05, 0.1) is 22.4 Å². The number of aromatic nitrogens is 1. The lowest BCUT2D eigenvalue weighted by Gasteiger charge is -2.28. The largest absolute Gasteiger partial charge is 0.457 e. The van der Waals surface area contributed by atoms with Crippen LogP contribution in [0.3, 0.4) is 0 Å². The zero-order chi connectivity index (χ0) is 25.8. The van der Waals surface area contributed by atoms with E-state index in [0.29, 0.717) is 27.7 Å². The second-order valence-electron chi connectivity index (χ2n) is 8.80. The van der Waals surface area contributed by atoms with Crippen LogP contribution >= 0.6 is 11.3 Å². The molecule has 0 saturated heterocycles. The molecule has 1 fully saturated rings. The summed E-state index contributed by atoms with van der Waals surface area (Å²) in [7, 11) is 0. The molecule has 2 aromatic carbocycles. The first-order valence-corrected chi connectivity index (χ1v) is 13.7. The van der Waals surface area contributed by atoms with Crippen molar-refractivity contribution in [3.8, 4) is 11.5 Å². The van der Waals surface area contributed by atoms with Gasteiger partial charge in [-0.05, 0) is 55.3 Å². The van der Waals surface area contributed by atoms with Crippen LogP contribution in [0.2, 0.25) is 0 Å². The molecule has 6 rings (SSSR count). The van der Waals surface area contributed by atoms with Crippen molar-refractivity contribution in [2.24, 2.45) is 0 Å². The maximum atomic E-state index is 13.3. The zero-order valence-corrected chi connectivity index (χ0v) is 21.8. The van der Waals surface area contributed by atoms with Gasteiger partial charge in [0.15, 0.2) is 0 Å². The average molecular weight is 515 g/mol. The Balaban J connectivity index is 0.00000137. The molecule has 0 bridgehead atoms. The lowest BCUT2D eigenvalue weighted by atomic mass is 9.95. The van der Waals surface area contributed by atoms with Gasteiger partial charge in [0.2, 0.25) is 0 Å². The highest BCUT2D eigenvalue weighted by Crippen LogP contribution is 2.46. The van der Waals surface area contributed by atoms with Crippen molar-refractivity contribution in [1.82, 2.24) is 10.3 Å². The SMILES string of the molecule is CC.O=C(NC1CCCCC1)c1sc2nccc3c2c1NC(=O)N3c1ccc(Oc2ccccc2)cc1. The number of thiophene rings is 1. The Labute approximate surface area is 220 Å². The third-order valence-corrected chi connectivity index (χ3v) is 7.56. The van der Waals surface area contributed by atoms with Crippen LogP contribution in [0.15, 0.2) is 66.9 Å². The molecule has 3 amide bonds. The van der Waals surface area contributed by atoms with E-state index in [1.807, 2.05) is 74.5 Å². The second-order valence-corrected chi connectivity index (χ2v) is 9.80. The number of benzene rings is 2. The number of nitrogens with zero attached hydrogens (tertiary/aromatic N) is 2. The van der Waals surface area contributed by atoms with Gasteiger partial charge >= 0.3 is 6.03 Å². The third kappa shape index (κ3) is 5.02. The van der Waals surface area contributed by atoms with Gasteiger partial charge < -0.3 is 15.4 Å². The Morgan fingerprint density at radius 1 is 1.00 bits per heavy atom. The highest BCUT2D eigenvalue weighted by atomic mass is 32.1. The van der Waals surface area contributed by atoms with E-state index < -0.39 is 0 Å². The number of para-hydroxylation sites is 1. The van der Waals surface area contributed by atoms with Crippen LogP contribution in [-0.4, -0.2) is 23.0 Å². The molecule has 2 aliphatic rings. The van der Waals surface area contributed by atoms with Gasteiger partial charge in [-0.15, -0.1) is 11.3 Å². The van der Waals surface area contributed by atoms with Gasteiger partial charge in [0, 0.05) is 12.2 Å². The number of pyridine rings is 1. The number of hydrogen-bond donors (Lipinski definition) is 2. The Morgan fingerprint density at radius 2 is 1.70 bits per heavy atom. The zero-order valence-electron chi connectivity index (χ0n) is 21.0. The number of anilines is 3. The fraction of sp³-hybridized carbons (Fsp3) is 0.276. The van der Waals surface area contributed by atoms with Crippen LogP contribution in [0.4, 0.5) is 21.9 Å². The fourth-order valence-electron chi connectivity index (χ4n) is 4.79. The standard InChI is InChI=1S/C27H24N4O3S.C2H6/c32-25(29-17-7-3-1-4-8-17)24-23-22-21(15-16-28-26(22)35-24)31(27(33)30-23)18-11-13-20(14-12-18)34-19-9-5-2-6-10-19;1-2/h2,5-6,9-17H,1,3-4,7-8H2,(H,29,32)(H,30,33);1-2H3. The van der Waals surface area contributed by atoms with E-state index in [1.165, 1.54) is 17.8 Å². The molecule has 8 heteroatoms. The van der Waals surface area contributed by atoms with Crippen LogP contribution in [-0.2, 0) is 0 Å². The predicted octanol–water partition coefficient (Wildman–Crippen LogP) is 7.86. The Bertz CT molecular complexity index is 1400. The van der Waals surface area contributed by atoms with Crippen molar-refractivity contribution in [3.63, 3.8) is 0 Å². The van der Waals surface area contributed by atoms with E-state index in [1.54, 1.807) is 11.1 Å². The van der Waals surface area contributed by atoms with E-state index in [-0.39, 0.29) is 18.0 Å². The number of hydrogen-bond acceptors (Lipinski definition) is 5. The minimum absolute atomic E-state index is 0.142. The van der Waals surface area contributed by atoms with Crippen LogP contribution in [0.1, 0.15) is 55.6 Å². The topological polar surface area (TPSA) is 83.6 Å². The molecule has 2 aromatic heterocycles. The molecule has 37 heavy (non-hydrogen) atoms. The summed E-state index contributed by atoms with van der Waals surface area (Å²) in [5.41, 5.74) is 1.95. The summed E-state index contributed by atoms with van der Waals surface area (Å²) in [6.07, 6.45) is 7.17. The number of ether oxygens (including phenoxy) is 1. The Hall–Kier alpha value is -3.91. The Morgan fingerprint density at radius 3 is 2.43 bits per heavy atom. The maximum absolute atomic E-state index is 13.3. The summed E-state index contributed by atoms with van der Waals surface area (Å²) in [5, 5.41) is 6.91. The number of carbonyl (C=O) groups excluding carboxylic acids is 2. The molecule has 190 valence electrons. The highest BCUT2D eigenvalue weighted by Gasteiger charge is 2.33. The van der Waals surface area contributed by atoms with E-state index in [0.717, 1.165) is 41.6 Å². The molecule has 4 aromatic rings.